The summed E-state index contributed by atoms with van der Waals surface area (Å²) >= 11 is 1.89. The van der Waals surface area contributed by atoms with E-state index in [0.29, 0.717) is 0 Å². The molecule has 0 radical (unpaired) electrons. The van der Waals surface area contributed by atoms with Crippen LogP contribution in [0.4, 0.5) is 17.1 Å². The lowest BCUT2D eigenvalue weighted by Crippen LogP contribution is -2.10. The van der Waals surface area contributed by atoms with Gasteiger partial charge in [0.1, 0.15) is 0 Å². The molecule has 0 N–H and O–H groups in total. The molecule has 0 aliphatic rings. The van der Waals surface area contributed by atoms with E-state index in [2.05, 4.69) is 169 Å². The molecule has 0 aliphatic heterocycles. The average Bonchev–Trinajstić information content (AvgIpc) is 3.49. The van der Waals surface area contributed by atoms with Gasteiger partial charge < -0.3 is 4.90 Å². The molecule has 1 heterocycles. The van der Waals surface area contributed by atoms with Crippen LogP contribution in [0.5, 0.6) is 0 Å². The molecule has 9 aromatic rings. The number of benzene rings is 8. The first-order chi connectivity index (χ1) is 21.8. The van der Waals surface area contributed by atoms with Crippen molar-refractivity contribution in [2.24, 2.45) is 0 Å². The Morgan fingerprint density at radius 1 is 0.386 bits per heavy atom. The van der Waals surface area contributed by atoms with Gasteiger partial charge in [-0.15, -0.1) is 11.3 Å². The SMILES string of the molecule is c1ccc(N(c2ccc3c(ccc4ccccc43)c2)c2ccc(-c3cccc4ccccc34)c3sc4ccccc4c23)cc1. The summed E-state index contributed by atoms with van der Waals surface area (Å²) in [6.07, 6.45) is 0. The van der Waals surface area contributed by atoms with Crippen molar-refractivity contribution in [2.45, 2.75) is 0 Å². The Morgan fingerprint density at radius 3 is 1.91 bits per heavy atom. The third kappa shape index (κ3) is 3.92. The summed E-state index contributed by atoms with van der Waals surface area (Å²) < 4.78 is 2.61. The number of hydrogen-bond donors (Lipinski definition) is 0. The molecule has 206 valence electrons. The van der Waals surface area contributed by atoms with Crippen LogP contribution in [0.2, 0.25) is 0 Å². The van der Waals surface area contributed by atoms with Crippen molar-refractivity contribution in [1.29, 1.82) is 0 Å². The number of fused-ring (bicyclic) bond motifs is 7. The molecule has 0 spiro atoms. The third-order valence-electron chi connectivity index (χ3n) is 8.83. The van der Waals surface area contributed by atoms with Gasteiger partial charge in [0.25, 0.3) is 0 Å². The van der Waals surface area contributed by atoms with E-state index in [1.54, 1.807) is 0 Å². The first-order valence-electron chi connectivity index (χ1n) is 15.0. The van der Waals surface area contributed by atoms with Crippen LogP contribution < -0.4 is 4.90 Å². The Hall–Kier alpha value is -5.44. The van der Waals surface area contributed by atoms with Gasteiger partial charge in [0, 0.05) is 37.1 Å². The van der Waals surface area contributed by atoms with Crippen LogP contribution in [0.25, 0.3) is 63.6 Å². The van der Waals surface area contributed by atoms with Crippen LogP contribution >= 0.6 is 11.3 Å². The number of thiophene rings is 1. The maximum absolute atomic E-state index is 2.43. The number of nitrogens with zero attached hydrogens (tertiary/aromatic N) is 1. The zero-order chi connectivity index (χ0) is 29.0. The molecule has 2 heteroatoms. The van der Waals surface area contributed by atoms with Crippen LogP contribution in [0.1, 0.15) is 0 Å². The van der Waals surface area contributed by atoms with Gasteiger partial charge in [-0.05, 0) is 74.3 Å². The monoisotopic (exact) mass is 577 g/mol. The van der Waals surface area contributed by atoms with E-state index in [-0.39, 0.29) is 0 Å². The lowest BCUT2D eigenvalue weighted by Gasteiger charge is -2.27. The number of anilines is 3. The van der Waals surface area contributed by atoms with Crippen molar-refractivity contribution in [2.75, 3.05) is 4.90 Å². The molecular formula is C42H27NS. The molecule has 44 heavy (non-hydrogen) atoms. The highest BCUT2D eigenvalue weighted by atomic mass is 32.1. The summed E-state index contributed by atoms with van der Waals surface area (Å²) in [5.74, 6) is 0. The smallest absolute Gasteiger partial charge is 0.0555 e. The normalized spacial score (nSPS) is 11.6. The van der Waals surface area contributed by atoms with Crippen LogP contribution in [-0.2, 0) is 0 Å². The van der Waals surface area contributed by atoms with Crippen molar-refractivity contribution in [3.05, 3.63) is 164 Å². The Kier molecular flexibility index (Phi) is 5.75. The molecular weight excluding hydrogens is 551 g/mol. The second-order valence-electron chi connectivity index (χ2n) is 11.3. The lowest BCUT2D eigenvalue weighted by atomic mass is 9.95. The highest BCUT2D eigenvalue weighted by molar-refractivity contribution is 7.26. The topological polar surface area (TPSA) is 3.24 Å². The minimum Gasteiger partial charge on any atom is -0.310 e. The average molecular weight is 578 g/mol. The van der Waals surface area contributed by atoms with Crippen molar-refractivity contribution in [1.82, 2.24) is 0 Å². The molecule has 0 saturated carbocycles. The minimum atomic E-state index is 1.14. The van der Waals surface area contributed by atoms with E-state index in [9.17, 15) is 0 Å². The number of rotatable bonds is 4. The second kappa shape index (κ2) is 10.1. The molecule has 8 aromatic carbocycles. The van der Waals surface area contributed by atoms with E-state index in [1.165, 1.54) is 69.3 Å². The summed E-state index contributed by atoms with van der Waals surface area (Å²) in [4.78, 5) is 2.43. The maximum Gasteiger partial charge on any atom is 0.0555 e. The predicted octanol–water partition coefficient (Wildman–Crippen LogP) is 12.7. The molecule has 0 saturated heterocycles. The molecule has 9 rings (SSSR count). The van der Waals surface area contributed by atoms with E-state index in [1.807, 2.05) is 11.3 Å². The van der Waals surface area contributed by atoms with Gasteiger partial charge in [0.2, 0.25) is 0 Å². The Bertz CT molecular complexity index is 2500. The van der Waals surface area contributed by atoms with Gasteiger partial charge in [-0.25, -0.2) is 0 Å². The van der Waals surface area contributed by atoms with Gasteiger partial charge in [-0.1, -0.05) is 127 Å². The van der Waals surface area contributed by atoms with Crippen LogP contribution in [0.15, 0.2) is 164 Å². The van der Waals surface area contributed by atoms with Crippen LogP contribution in [0, 0.1) is 0 Å². The molecule has 1 aromatic heterocycles. The van der Waals surface area contributed by atoms with E-state index >= 15 is 0 Å². The van der Waals surface area contributed by atoms with Gasteiger partial charge in [-0.2, -0.15) is 0 Å². The van der Waals surface area contributed by atoms with Crippen molar-refractivity contribution >= 4 is 80.9 Å². The quantitative estimate of drug-likeness (QED) is 0.188. The standard InChI is InChI=1S/C42H27NS/c1-2-14-31(15-3-1)43(32-23-24-35-30(27-32)22-21-29-12-5-6-16-33(29)35)39-26-25-37(36-19-10-13-28-11-4-7-17-34(28)36)42-41(39)38-18-8-9-20-40(38)44-42/h1-27H. The molecule has 0 aliphatic carbocycles. The largest absolute Gasteiger partial charge is 0.310 e. The molecule has 0 fully saturated rings. The highest BCUT2D eigenvalue weighted by Gasteiger charge is 2.21. The minimum absolute atomic E-state index is 1.14. The van der Waals surface area contributed by atoms with Gasteiger partial charge in [0.15, 0.2) is 0 Å². The van der Waals surface area contributed by atoms with E-state index < -0.39 is 0 Å². The van der Waals surface area contributed by atoms with E-state index in [4.69, 9.17) is 0 Å². The molecule has 0 unspecified atom stereocenters. The summed E-state index contributed by atoms with van der Waals surface area (Å²) in [6, 6.07) is 59.7. The maximum atomic E-state index is 2.43. The summed E-state index contributed by atoms with van der Waals surface area (Å²) in [5, 5.41) is 10.2. The van der Waals surface area contributed by atoms with Crippen molar-refractivity contribution < 1.29 is 0 Å². The fourth-order valence-electron chi connectivity index (χ4n) is 6.81. The third-order valence-corrected chi connectivity index (χ3v) is 10.0. The van der Waals surface area contributed by atoms with Gasteiger partial charge >= 0.3 is 0 Å². The number of para-hydroxylation sites is 1. The first-order valence-corrected chi connectivity index (χ1v) is 15.8. The molecule has 1 nitrogen and oxygen atoms in total. The summed E-state index contributed by atoms with van der Waals surface area (Å²) in [6.45, 7) is 0. The lowest BCUT2D eigenvalue weighted by molar-refractivity contribution is 1.31. The zero-order valence-electron chi connectivity index (χ0n) is 23.9. The zero-order valence-corrected chi connectivity index (χ0v) is 24.8. The van der Waals surface area contributed by atoms with Gasteiger partial charge in [0.05, 0.1) is 5.69 Å². The predicted molar refractivity (Wildman–Crippen MR) is 192 cm³/mol. The fraction of sp³-hybridized carbons (Fsp3) is 0. The van der Waals surface area contributed by atoms with Crippen LogP contribution in [-0.4, -0.2) is 0 Å². The molecule has 0 atom stereocenters. The first kappa shape index (κ1) is 25.1. The summed E-state index contributed by atoms with van der Waals surface area (Å²) in [5.41, 5.74) is 6.03. The van der Waals surface area contributed by atoms with Crippen LogP contribution in [0.3, 0.4) is 0 Å². The van der Waals surface area contributed by atoms with Gasteiger partial charge in [-0.3, -0.25) is 0 Å². The second-order valence-corrected chi connectivity index (χ2v) is 12.4. The highest BCUT2D eigenvalue weighted by Crippen LogP contribution is 2.49. The Balaban J connectivity index is 1.34. The van der Waals surface area contributed by atoms with E-state index in [0.717, 1.165) is 11.4 Å². The van der Waals surface area contributed by atoms with Crippen molar-refractivity contribution in [3.8, 4) is 11.1 Å². The number of hydrogen-bond acceptors (Lipinski definition) is 2. The summed E-state index contributed by atoms with van der Waals surface area (Å²) in [7, 11) is 0. The Labute approximate surface area is 259 Å². The molecule has 0 amide bonds. The van der Waals surface area contributed by atoms with Crippen molar-refractivity contribution in [3.63, 3.8) is 0 Å². The molecule has 0 bridgehead atoms. The fourth-order valence-corrected chi connectivity index (χ4v) is 8.06. The Morgan fingerprint density at radius 2 is 1.05 bits per heavy atom.